The topological polar surface area (TPSA) is 43.0 Å². The van der Waals surface area contributed by atoms with E-state index >= 15 is 0 Å². The van der Waals surface area contributed by atoms with Gasteiger partial charge < -0.3 is 15.6 Å². The van der Waals surface area contributed by atoms with Crippen LogP contribution in [0, 0.1) is 12.8 Å². The molecule has 3 nitrogen and oxygen atoms in total. The van der Waals surface area contributed by atoms with Crippen molar-refractivity contribution in [1.29, 1.82) is 0 Å². The number of halogens is 1. The maximum atomic E-state index is 6.14. The van der Waals surface area contributed by atoms with Crippen LogP contribution in [-0.2, 0) is 6.54 Å². The first-order valence-corrected chi connectivity index (χ1v) is 14.7. The standard InChI is InChI=1S/C31H42BrN3/c1-22-6-5-9-24(18-22)28(16-17-34-27-13-11-26(33)12-14-27)30-21-35(20-23-7-3-2-4-8-23)31-15-10-25(32)19-29(30)31/h5-6,9-10,15,18-19,21,23,26-28,34H,2-4,7-8,11-14,16-17,20,33H2,1H3. The molecule has 1 unspecified atom stereocenters. The molecule has 0 spiro atoms. The summed E-state index contributed by atoms with van der Waals surface area (Å²) in [6.45, 7) is 4.41. The highest BCUT2D eigenvalue weighted by molar-refractivity contribution is 9.10. The van der Waals surface area contributed by atoms with Crippen LogP contribution >= 0.6 is 15.9 Å². The third-order valence-electron chi connectivity index (χ3n) is 8.51. The fourth-order valence-corrected chi connectivity index (χ4v) is 6.88. The first kappa shape index (κ1) is 25.0. The average Bonchev–Trinajstić information content (AvgIpc) is 3.20. The van der Waals surface area contributed by atoms with E-state index in [0.29, 0.717) is 18.0 Å². The second-order valence-electron chi connectivity index (χ2n) is 11.2. The molecule has 1 aromatic heterocycles. The number of nitrogens with one attached hydrogen (secondary N) is 1. The number of hydrogen-bond acceptors (Lipinski definition) is 2. The molecule has 4 heteroatoms. The van der Waals surface area contributed by atoms with Crippen LogP contribution < -0.4 is 11.1 Å². The zero-order valence-electron chi connectivity index (χ0n) is 21.3. The molecule has 0 bridgehead atoms. The molecule has 188 valence electrons. The fourth-order valence-electron chi connectivity index (χ4n) is 6.52. The van der Waals surface area contributed by atoms with E-state index in [-0.39, 0.29) is 0 Å². The second-order valence-corrected chi connectivity index (χ2v) is 12.1. The van der Waals surface area contributed by atoms with Crippen molar-refractivity contribution in [2.75, 3.05) is 6.54 Å². The molecule has 0 amide bonds. The zero-order valence-corrected chi connectivity index (χ0v) is 22.9. The Bertz CT molecular complexity index is 1110. The summed E-state index contributed by atoms with van der Waals surface area (Å²) < 4.78 is 3.74. The lowest BCUT2D eigenvalue weighted by atomic mass is 9.87. The molecule has 3 aromatic rings. The first-order valence-electron chi connectivity index (χ1n) is 13.9. The van der Waals surface area contributed by atoms with Gasteiger partial charge in [0.15, 0.2) is 0 Å². The molecule has 0 saturated heterocycles. The number of benzene rings is 2. The van der Waals surface area contributed by atoms with Crippen molar-refractivity contribution < 1.29 is 0 Å². The summed E-state index contributed by atoms with van der Waals surface area (Å²) in [6.07, 6.45) is 15.3. The van der Waals surface area contributed by atoms with Crippen LogP contribution in [0.1, 0.15) is 86.8 Å². The molecule has 2 aliphatic carbocycles. The second kappa shape index (κ2) is 11.6. The summed E-state index contributed by atoms with van der Waals surface area (Å²) in [7, 11) is 0. The van der Waals surface area contributed by atoms with Crippen molar-refractivity contribution in [3.63, 3.8) is 0 Å². The van der Waals surface area contributed by atoms with E-state index in [1.54, 1.807) is 0 Å². The Morgan fingerprint density at radius 3 is 2.57 bits per heavy atom. The van der Waals surface area contributed by atoms with Crippen molar-refractivity contribution in [2.24, 2.45) is 11.7 Å². The van der Waals surface area contributed by atoms with E-state index < -0.39 is 0 Å². The van der Waals surface area contributed by atoms with Crippen LogP contribution in [0.4, 0.5) is 0 Å². The monoisotopic (exact) mass is 535 g/mol. The minimum Gasteiger partial charge on any atom is -0.347 e. The highest BCUT2D eigenvalue weighted by atomic mass is 79.9. The summed E-state index contributed by atoms with van der Waals surface area (Å²) in [5.74, 6) is 1.20. The average molecular weight is 537 g/mol. The Hall–Kier alpha value is -1.62. The summed E-state index contributed by atoms with van der Waals surface area (Å²) in [4.78, 5) is 0. The van der Waals surface area contributed by atoms with Crippen LogP contribution in [0.15, 0.2) is 53.1 Å². The van der Waals surface area contributed by atoms with Crippen LogP contribution in [0.3, 0.4) is 0 Å². The Kier molecular flexibility index (Phi) is 8.32. The molecular weight excluding hydrogens is 494 g/mol. The fraction of sp³-hybridized carbons (Fsp3) is 0.548. The summed E-state index contributed by atoms with van der Waals surface area (Å²) >= 11 is 3.77. The van der Waals surface area contributed by atoms with Gasteiger partial charge >= 0.3 is 0 Å². The number of rotatable bonds is 8. The SMILES string of the molecule is Cc1cccc(C(CCNC2CCC(N)CC2)c2cn(CC3CCCCC3)c3ccc(Br)cc23)c1. The third kappa shape index (κ3) is 6.21. The van der Waals surface area contributed by atoms with E-state index in [2.05, 4.69) is 81.4 Å². The molecule has 35 heavy (non-hydrogen) atoms. The predicted octanol–water partition coefficient (Wildman–Crippen LogP) is 7.67. The molecule has 1 atom stereocenters. The van der Waals surface area contributed by atoms with Gasteiger partial charge in [-0.15, -0.1) is 0 Å². The molecule has 2 fully saturated rings. The Morgan fingerprint density at radius 1 is 1.00 bits per heavy atom. The van der Waals surface area contributed by atoms with Crippen molar-refractivity contribution in [2.45, 2.75) is 95.7 Å². The van der Waals surface area contributed by atoms with Gasteiger partial charge in [0.05, 0.1) is 0 Å². The molecule has 5 rings (SSSR count). The van der Waals surface area contributed by atoms with Crippen molar-refractivity contribution in [3.05, 3.63) is 69.8 Å². The van der Waals surface area contributed by atoms with Crippen molar-refractivity contribution >= 4 is 26.8 Å². The summed E-state index contributed by atoms with van der Waals surface area (Å²) in [5, 5.41) is 5.29. The molecule has 0 radical (unpaired) electrons. The number of fused-ring (bicyclic) bond motifs is 1. The normalized spacial score (nSPS) is 22.5. The van der Waals surface area contributed by atoms with Crippen LogP contribution in [0.5, 0.6) is 0 Å². The Balaban J connectivity index is 1.44. The molecular formula is C31H42BrN3. The third-order valence-corrected chi connectivity index (χ3v) is 9.00. The maximum absolute atomic E-state index is 6.14. The Morgan fingerprint density at radius 2 is 1.80 bits per heavy atom. The van der Waals surface area contributed by atoms with Gasteiger partial charge in [-0.05, 0) is 93.7 Å². The Labute approximate surface area is 220 Å². The number of nitrogens with zero attached hydrogens (tertiary/aromatic N) is 1. The van der Waals surface area contributed by atoms with Gasteiger partial charge in [0, 0.05) is 46.1 Å². The molecule has 1 heterocycles. The van der Waals surface area contributed by atoms with Gasteiger partial charge in [0.25, 0.3) is 0 Å². The zero-order chi connectivity index (χ0) is 24.2. The maximum Gasteiger partial charge on any atom is 0.0484 e. The molecule has 3 N–H and O–H groups in total. The van der Waals surface area contributed by atoms with Crippen LogP contribution in [0.25, 0.3) is 10.9 Å². The lowest BCUT2D eigenvalue weighted by molar-refractivity contribution is 0.322. The van der Waals surface area contributed by atoms with Gasteiger partial charge in [-0.1, -0.05) is 65.0 Å². The van der Waals surface area contributed by atoms with Gasteiger partial charge in [-0.25, -0.2) is 0 Å². The number of aromatic nitrogens is 1. The van der Waals surface area contributed by atoms with E-state index in [1.165, 1.54) is 77.0 Å². The summed E-state index contributed by atoms with van der Waals surface area (Å²) in [6, 6.07) is 17.1. The lowest BCUT2D eigenvalue weighted by Crippen LogP contribution is -2.38. The van der Waals surface area contributed by atoms with Crippen LogP contribution in [0.2, 0.25) is 0 Å². The summed E-state index contributed by atoms with van der Waals surface area (Å²) in [5.41, 5.74) is 11.8. The predicted molar refractivity (Wildman–Crippen MR) is 152 cm³/mol. The first-order chi connectivity index (χ1) is 17.1. The minimum absolute atomic E-state index is 0.387. The van der Waals surface area contributed by atoms with Gasteiger partial charge in [0.2, 0.25) is 0 Å². The molecule has 2 aliphatic rings. The van der Waals surface area contributed by atoms with E-state index in [4.69, 9.17) is 5.73 Å². The smallest absolute Gasteiger partial charge is 0.0484 e. The number of hydrogen-bond donors (Lipinski definition) is 2. The number of nitrogens with two attached hydrogens (primary N) is 1. The number of aryl methyl sites for hydroxylation is 1. The van der Waals surface area contributed by atoms with Crippen LogP contribution in [-0.4, -0.2) is 23.2 Å². The largest absolute Gasteiger partial charge is 0.347 e. The van der Waals surface area contributed by atoms with Gasteiger partial charge in [-0.3, -0.25) is 0 Å². The molecule has 2 saturated carbocycles. The van der Waals surface area contributed by atoms with Crippen molar-refractivity contribution in [3.8, 4) is 0 Å². The molecule has 2 aromatic carbocycles. The minimum atomic E-state index is 0.387. The quantitative estimate of drug-likeness (QED) is 0.310. The van der Waals surface area contributed by atoms with E-state index in [1.807, 2.05) is 0 Å². The van der Waals surface area contributed by atoms with Crippen molar-refractivity contribution in [1.82, 2.24) is 9.88 Å². The van der Waals surface area contributed by atoms with Gasteiger partial charge in [-0.2, -0.15) is 0 Å². The highest BCUT2D eigenvalue weighted by Crippen LogP contribution is 2.37. The van der Waals surface area contributed by atoms with E-state index in [0.717, 1.165) is 38.3 Å². The highest BCUT2D eigenvalue weighted by Gasteiger charge is 2.23. The lowest BCUT2D eigenvalue weighted by Gasteiger charge is -2.28. The van der Waals surface area contributed by atoms with Gasteiger partial charge in [0.1, 0.15) is 0 Å². The van der Waals surface area contributed by atoms with E-state index in [9.17, 15) is 0 Å². The molecule has 0 aliphatic heterocycles.